The lowest BCUT2D eigenvalue weighted by atomic mass is 10.3. The highest BCUT2D eigenvalue weighted by molar-refractivity contribution is 9.10. The molecule has 0 spiro atoms. The van der Waals surface area contributed by atoms with Gasteiger partial charge in [-0.15, -0.1) is 0 Å². The molecule has 7 heteroatoms. The minimum Gasteiger partial charge on any atom is -0.530 e. The summed E-state index contributed by atoms with van der Waals surface area (Å²) in [6, 6.07) is 4.95. The molecule has 0 fully saturated rings. The van der Waals surface area contributed by atoms with Crippen molar-refractivity contribution in [3.05, 3.63) is 28.5 Å². The third-order valence-electron chi connectivity index (χ3n) is 1.63. The van der Waals surface area contributed by atoms with E-state index in [4.69, 9.17) is 0 Å². The highest BCUT2D eigenvalue weighted by atomic mass is 79.9. The largest absolute Gasteiger partial charge is 0.530 e. The molecule has 16 heavy (non-hydrogen) atoms. The van der Waals surface area contributed by atoms with Crippen LogP contribution in [0.15, 0.2) is 22.8 Å². The second-order valence-corrected chi connectivity index (χ2v) is 3.63. The summed E-state index contributed by atoms with van der Waals surface area (Å²) in [6.07, 6.45) is -1.37. The molecule has 0 atom stereocenters. The zero-order valence-corrected chi connectivity index (χ0v) is 9.78. The van der Waals surface area contributed by atoms with Crippen molar-refractivity contribution in [1.29, 1.82) is 0 Å². The van der Waals surface area contributed by atoms with Crippen molar-refractivity contribution < 1.29 is 14.7 Å². The van der Waals surface area contributed by atoms with E-state index in [1.54, 1.807) is 18.2 Å². The second kappa shape index (κ2) is 6.06. The van der Waals surface area contributed by atoms with E-state index in [0.29, 0.717) is 4.60 Å². The van der Waals surface area contributed by atoms with Gasteiger partial charge < -0.3 is 20.5 Å². The third-order valence-corrected chi connectivity index (χ3v) is 2.07. The number of carbonyl (C=O) groups is 2. The molecule has 0 aliphatic rings. The standard InChI is InChI=1S/C9H10BrN3O3/c10-7-3-1-2-6(13-7)8(14)11-4-5-12-9(15)16/h1-3,12H,4-5H2,(H,11,14)(H,15,16)/p-1. The fourth-order valence-electron chi connectivity index (χ4n) is 0.966. The van der Waals surface area contributed by atoms with Crippen LogP contribution in [0.1, 0.15) is 10.5 Å². The van der Waals surface area contributed by atoms with Gasteiger partial charge in [-0.1, -0.05) is 6.07 Å². The van der Waals surface area contributed by atoms with Gasteiger partial charge in [0, 0.05) is 13.1 Å². The van der Waals surface area contributed by atoms with Gasteiger partial charge in [0.1, 0.15) is 16.4 Å². The molecule has 0 unspecified atom stereocenters. The predicted octanol–water partition coefficient (Wildman–Crippen LogP) is -0.493. The zero-order valence-electron chi connectivity index (χ0n) is 8.20. The molecule has 0 saturated carbocycles. The first-order chi connectivity index (χ1) is 7.59. The molecule has 0 saturated heterocycles. The van der Waals surface area contributed by atoms with Crippen LogP contribution in [-0.4, -0.2) is 30.1 Å². The zero-order chi connectivity index (χ0) is 12.0. The van der Waals surface area contributed by atoms with Gasteiger partial charge in [-0.3, -0.25) is 4.79 Å². The number of hydrogen-bond acceptors (Lipinski definition) is 4. The molecule has 1 aromatic rings. The molecule has 1 heterocycles. The van der Waals surface area contributed by atoms with Gasteiger partial charge in [0.15, 0.2) is 0 Å². The van der Waals surface area contributed by atoms with Crippen molar-refractivity contribution in [3.63, 3.8) is 0 Å². The molecule has 0 radical (unpaired) electrons. The van der Waals surface area contributed by atoms with Crippen LogP contribution in [0, 0.1) is 0 Å². The summed E-state index contributed by atoms with van der Waals surface area (Å²) in [7, 11) is 0. The maximum absolute atomic E-state index is 11.5. The molecule has 0 aliphatic carbocycles. The maximum atomic E-state index is 11.5. The summed E-state index contributed by atoms with van der Waals surface area (Å²) in [6.45, 7) is 0.281. The fraction of sp³-hybridized carbons (Fsp3) is 0.222. The van der Waals surface area contributed by atoms with Gasteiger partial charge >= 0.3 is 0 Å². The summed E-state index contributed by atoms with van der Waals surface area (Å²) in [5, 5.41) is 14.5. The van der Waals surface area contributed by atoms with E-state index >= 15 is 0 Å². The number of rotatable bonds is 4. The number of hydrogen-bond donors (Lipinski definition) is 2. The third kappa shape index (κ3) is 4.26. The van der Waals surface area contributed by atoms with Gasteiger partial charge in [0.25, 0.3) is 5.91 Å². The van der Waals surface area contributed by atoms with Crippen LogP contribution in [-0.2, 0) is 0 Å². The fourth-order valence-corrected chi connectivity index (χ4v) is 1.31. The normalized spacial score (nSPS) is 9.56. The van der Waals surface area contributed by atoms with Gasteiger partial charge in [-0.05, 0) is 28.1 Å². The SMILES string of the molecule is O=C([O-])NCCNC(=O)c1cccc(Br)n1. The Morgan fingerprint density at radius 3 is 2.62 bits per heavy atom. The topological polar surface area (TPSA) is 94.1 Å². The Hall–Kier alpha value is -1.63. The number of pyridine rings is 1. The Kier molecular flexibility index (Phi) is 4.71. The monoisotopic (exact) mass is 286 g/mol. The number of amides is 2. The van der Waals surface area contributed by atoms with Crippen molar-refractivity contribution >= 4 is 27.9 Å². The molecule has 2 N–H and O–H groups in total. The molecule has 6 nitrogen and oxygen atoms in total. The predicted molar refractivity (Wildman–Crippen MR) is 57.7 cm³/mol. The van der Waals surface area contributed by atoms with Crippen LogP contribution in [0.25, 0.3) is 0 Å². The van der Waals surface area contributed by atoms with Crippen LogP contribution >= 0.6 is 15.9 Å². The minimum absolute atomic E-state index is 0.0993. The lowest BCUT2D eigenvalue weighted by Gasteiger charge is -2.07. The Morgan fingerprint density at radius 2 is 2.00 bits per heavy atom. The molecule has 2 amide bonds. The van der Waals surface area contributed by atoms with E-state index in [2.05, 4.69) is 26.2 Å². The summed E-state index contributed by atoms with van der Waals surface area (Å²) in [5.41, 5.74) is 0.267. The molecule has 0 bridgehead atoms. The van der Waals surface area contributed by atoms with Crippen molar-refractivity contribution in [3.8, 4) is 0 Å². The van der Waals surface area contributed by atoms with E-state index < -0.39 is 6.09 Å². The summed E-state index contributed by atoms with van der Waals surface area (Å²) >= 11 is 3.14. The molecule has 86 valence electrons. The van der Waals surface area contributed by atoms with Gasteiger partial charge in [-0.25, -0.2) is 4.98 Å². The Balaban J connectivity index is 2.38. The number of carbonyl (C=O) groups excluding carboxylic acids is 2. The van der Waals surface area contributed by atoms with E-state index in [-0.39, 0.29) is 24.7 Å². The smallest absolute Gasteiger partial charge is 0.269 e. The van der Waals surface area contributed by atoms with Crippen molar-refractivity contribution in [1.82, 2.24) is 15.6 Å². The van der Waals surface area contributed by atoms with Crippen LogP contribution in [0.4, 0.5) is 4.79 Å². The molecule has 0 aliphatic heterocycles. The van der Waals surface area contributed by atoms with Crippen LogP contribution in [0.3, 0.4) is 0 Å². The van der Waals surface area contributed by atoms with E-state index in [9.17, 15) is 14.7 Å². The number of halogens is 1. The molecular weight excluding hydrogens is 278 g/mol. The molecule has 0 aromatic carbocycles. The van der Waals surface area contributed by atoms with Crippen molar-refractivity contribution in [2.24, 2.45) is 0 Å². The first-order valence-corrected chi connectivity index (χ1v) is 5.24. The highest BCUT2D eigenvalue weighted by Crippen LogP contribution is 2.05. The molecule has 1 aromatic heterocycles. The number of aromatic nitrogens is 1. The highest BCUT2D eigenvalue weighted by Gasteiger charge is 2.05. The maximum Gasteiger partial charge on any atom is 0.269 e. The number of nitrogens with one attached hydrogen (secondary N) is 2. The number of carboxylic acid groups (broad SMARTS) is 1. The van der Waals surface area contributed by atoms with Gasteiger partial charge in [-0.2, -0.15) is 0 Å². The molecule has 1 rings (SSSR count). The number of nitrogens with zero attached hydrogens (tertiary/aromatic N) is 1. The lowest BCUT2D eigenvalue weighted by molar-refractivity contribution is -0.250. The first-order valence-electron chi connectivity index (χ1n) is 4.45. The van der Waals surface area contributed by atoms with Gasteiger partial charge in [0.2, 0.25) is 0 Å². The quantitative estimate of drug-likeness (QED) is 0.577. The Bertz CT molecular complexity index is 397. The van der Waals surface area contributed by atoms with Crippen molar-refractivity contribution in [2.45, 2.75) is 0 Å². The van der Waals surface area contributed by atoms with Crippen LogP contribution in [0.2, 0.25) is 0 Å². The Labute approximate surface area is 100 Å². The first kappa shape index (κ1) is 12.4. The van der Waals surface area contributed by atoms with Gasteiger partial charge in [0.05, 0.1) is 0 Å². The van der Waals surface area contributed by atoms with E-state index in [1.807, 2.05) is 5.32 Å². The average molecular weight is 287 g/mol. The molecular formula is C9H9BrN3O3-. The summed E-state index contributed by atoms with van der Waals surface area (Å²) < 4.78 is 0.563. The lowest BCUT2D eigenvalue weighted by Crippen LogP contribution is -2.41. The van der Waals surface area contributed by atoms with E-state index in [0.717, 1.165) is 0 Å². The van der Waals surface area contributed by atoms with Crippen LogP contribution in [0.5, 0.6) is 0 Å². The Morgan fingerprint density at radius 1 is 1.31 bits per heavy atom. The summed E-state index contributed by atoms with van der Waals surface area (Å²) in [5.74, 6) is -0.360. The average Bonchev–Trinajstić information content (AvgIpc) is 2.24. The minimum atomic E-state index is -1.37. The summed E-state index contributed by atoms with van der Waals surface area (Å²) in [4.78, 5) is 25.4. The van der Waals surface area contributed by atoms with Crippen LogP contribution < -0.4 is 15.7 Å². The van der Waals surface area contributed by atoms with E-state index in [1.165, 1.54) is 0 Å². The second-order valence-electron chi connectivity index (χ2n) is 2.82. The van der Waals surface area contributed by atoms with Crippen molar-refractivity contribution in [2.75, 3.05) is 13.1 Å².